The molecule has 22 heavy (non-hydrogen) atoms. The summed E-state index contributed by atoms with van der Waals surface area (Å²) in [6.07, 6.45) is 0.286. The van der Waals surface area contributed by atoms with Crippen LogP contribution in [0.3, 0.4) is 0 Å². The number of hydrogen-bond donors (Lipinski definition) is 0. The van der Waals surface area contributed by atoms with Gasteiger partial charge in [0.2, 0.25) is 0 Å². The van der Waals surface area contributed by atoms with Crippen LogP contribution in [0.1, 0.15) is 22.6 Å². The molecular formula is C18H17BrClNO. The minimum absolute atomic E-state index is 0.286. The third kappa shape index (κ3) is 2.61. The molecule has 0 radical (unpaired) electrons. The van der Waals surface area contributed by atoms with Gasteiger partial charge in [0.05, 0.1) is 17.7 Å². The molecule has 1 fully saturated rings. The molecule has 0 bridgehead atoms. The lowest BCUT2D eigenvalue weighted by Crippen LogP contribution is -2.27. The Hall–Kier alpha value is -0.870. The number of hydrogen-bond acceptors (Lipinski definition) is 2. The smallest absolute Gasteiger partial charge is 0.0787 e. The van der Waals surface area contributed by atoms with E-state index < -0.39 is 0 Å². The summed E-state index contributed by atoms with van der Waals surface area (Å²) in [6.45, 7) is 3.63. The third-order valence-electron chi connectivity index (χ3n) is 4.66. The molecule has 1 saturated heterocycles. The highest BCUT2D eigenvalue weighted by Gasteiger charge is 2.39. The highest BCUT2D eigenvalue weighted by atomic mass is 79.9. The first-order valence-electron chi connectivity index (χ1n) is 7.57. The Bertz CT molecular complexity index is 691. The average molecular weight is 379 g/mol. The highest BCUT2D eigenvalue weighted by Crippen LogP contribution is 2.41. The number of ether oxygens (including phenoxy) is 1. The number of likely N-dealkylation sites (tertiary alicyclic amines) is 1. The second kappa shape index (κ2) is 5.97. The lowest BCUT2D eigenvalue weighted by Gasteiger charge is -2.28. The quantitative estimate of drug-likeness (QED) is 0.757. The second-order valence-corrected chi connectivity index (χ2v) is 7.30. The van der Waals surface area contributed by atoms with Crippen molar-refractivity contribution in [3.63, 3.8) is 0 Å². The lowest BCUT2D eigenvalue weighted by molar-refractivity contribution is 0.0249. The van der Waals surface area contributed by atoms with E-state index in [4.69, 9.17) is 16.3 Å². The van der Waals surface area contributed by atoms with E-state index in [9.17, 15) is 0 Å². The number of nitrogens with zero attached hydrogens (tertiary/aromatic N) is 1. The Morgan fingerprint density at radius 2 is 1.95 bits per heavy atom. The van der Waals surface area contributed by atoms with Crippen LogP contribution in [0.5, 0.6) is 0 Å². The predicted molar refractivity (Wildman–Crippen MR) is 92.2 cm³/mol. The van der Waals surface area contributed by atoms with Gasteiger partial charge in [-0.2, -0.15) is 0 Å². The van der Waals surface area contributed by atoms with Gasteiger partial charge in [-0.15, -0.1) is 0 Å². The molecule has 0 saturated carbocycles. The van der Waals surface area contributed by atoms with Crippen LogP contribution in [0.15, 0.2) is 46.9 Å². The summed E-state index contributed by atoms with van der Waals surface area (Å²) in [5, 5.41) is 0.803. The summed E-state index contributed by atoms with van der Waals surface area (Å²) in [5.41, 5.74) is 3.87. The molecule has 0 amide bonds. The van der Waals surface area contributed by atoms with Gasteiger partial charge < -0.3 is 4.74 Å². The van der Waals surface area contributed by atoms with E-state index >= 15 is 0 Å². The first-order chi connectivity index (χ1) is 10.7. The van der Waals surface area contributed by atoms with Crippen LogP contribution in [0.2, 0.25) is 5.02 Å². The molecule has 114 valence electrons. The van der Waals surface area contributed by atoms with Gasteiger partial charge in [0.15, 0.2) is 0 Å². The van der Waals surface area contributed by atoms with Gasteiger partial charge in [0, 0.05) is 35.6 Å². The van der Waals surface area contributed by atoms with E-state index in [2.05, 4.69) is 63.3 Å². The molecule has 2 nitrogen and oxygen atoms in total. The van der Waals surface area contributed by atoms with Crippen molar-refractivity contribution in [3.8, 4) is 0 Å². The Morgan fingerprint density at radius 1 is 1.14 bits per heavy atom. The Labute approximate surface area is 144 Å². The first-order valence-corrected chi connectivity index (χ1v) is 8.74. The zero-order chi connectivity index (χ0) is 15.1. The van der Waals surface area contributed by atoms with E-state index in [-0.39, 0.29) is 6.10 Å². The van der Waals surface area contributed by atoms with Gasteiger partial charge >= 0.3 is 0 Å². The van der Waals surface area contributed by atoms with Gasteiger partial charge in [-0.05, 0) is 33.1 Å². The van der Waals surface area contributed by atoms with Crippen molar-refractivity contribution in [1.29, 1.82) is 0 Å². The van der Waals surface area contributed by atoms with Gasteiger partial charge in [-0.3, -0.25) is 4.90 Å². The molecule has 2 atom stereocenters. The predicted octanol–water partition coefficient (Wildman–Crippen LogP) is 4.60. The molecular weight excluding hydrogens is 362 g/mol. The van der Waals surface area contributed by atoms with Crippen molar-refractivity contribution in [2.45, 2.75) is 25.2 Å². The summed E-state index contributed by atoms with van der Waals surface area (Å²) >= 11 is 9.93. The van der Waals surface area contributed by atoms with Crippen molar-refractivity contribution < 1.29 is 4.74 Å². The molecule has 2 aliphatic heterocycles. The van der Waals surface area contributed by atoms with E-state index in [0.29, 0.717) is 12.5 Å². The zero-order valence-corrected chi connectivity index (χ0v) is 14.5. The molecule has 4 heteroatoms. The molecule has 2 heterocycles. The molecule has 0 aromatic heterocycles. The number of rotatable bonds is 2. The fourth-order valence-electron chi connectivity index (χ4n) is 3.58. The van der Waals surface area contributed by atoms with Crippen LogP contribution < -0.4 is 0 Å². The number of benzene rings is 2. The lowest BCUT2D eigenvalue weighted by atomic mass is 9.90. The molecule has 2 aromatic carbocycles. The van der Waals surface area contributed by atoms with Crippen molar-refractivity contribution in [1.82, 2.24) is 4.90 Å². The normalized spacial score (nSPS) is 24.1. The minimum atomic E-state index is 0.286. The van der Waals surface area contributed by atoms with Gasteiger partial charge in [0.1, 0.15) is 0 Å². The van der Waals surface area contributed by atoms with Crippen molar-refractivity contribution in [2.75, 3.05) is 13.1 Å². The summed E-state index contributed by atoms with van der Waals surface area (Å²) < 4.78 is 7.04. The number of halogens is 2. The van der Waals surface area contributed by atoms with E-state index in [0.717, 1.165) is 34.7 Å². The molecule has 2 aliphatic rings. The SMILES string of the molecule is Clc1c(Br)ccc2c1CO[C@H]1CN(Cc3ccccc3)C[C@@H]21. The summed E-state index contributed by atoms with van der Waals surface area (Å²) in [4.78, 5) is 2.48. The topological polar surface area (TPSA) is 12.5 Å². The van der Waals surface area contributed by atoms with Gasteiger partial charge in [0.25, 0.3) is 0 Å². The monoisotopic (exact) mass is 377 g/mol. The maximum Gasteiger partial charge on any atom is 0.0787 e. The summed E-state index contributed by atoms with van der Waals surface area (Å²) in [6, 6.07) is 14.9. The Kier molecular flexibility index (Phi) is 3.99. The summed E-state index contributed by atoms with van der Waals surface area (Å²) in [5.74, 6) is 0.429. The van der Waals surface area contributed by atoms with Crippen LogP contribution in [0.4, 0.5) is 0 Å². The standard InChI is InChI=1S/C18H17BrClNO/c19-16-7-6-13-14-9-21(8-12-4-2-1-3-5-12)10-17(14)22-11-15(13)18(16)20/h1-7,14,17H,8-11H2/t14-,17-/m0/s1. The van der Waals surface area contributed by atoms with Crippen molar-refractivity contribution in [2.24, 2.45) is 0 Å². The maximum atomic E-state index is 6.43. The zero-order valence-electron chi connectivity index (χ0n) is 12.1. The fraction of sp³-hybridized carbons (Fsp3) is 0.333. The molecule has 0 aliphatic carbocycles. The fourth-order valence-corrected chi connectivity index (χ4v) is 4.18. The van der Waals surface area contributed by atoms with Crippen molar-refractivity contribution >= 4 is 27.5 Å². The maximum absolute atomic E-state index is 6.43. The molecule has 2 aromatic rings. The van der Waals surface area contributed by atoms with Crippen LogP contribution in [0, 0.1) is 0 Å². The molecule has 4 rings (SSSR count). The highest BCUT2D eigenvalue weighted by molar-refractivity contribution is 9.10. The Balaban J connectivity index is 1.57. The minimum Gasteiger partial charge on any atom is -0.371 e. The molecule has 0 spiro atoms. The average Bonchev–Trinajstić information content (AvgIpc) is 2.94. The van der Waals surface area contributed by atoms with Crippen LogP contribution in [-0.2, 0) is 17.9 Å². The number of fused-ring (bicyclic) bond motifs is 3. The van der Waals surface area contributed by atoms with Crippen molar-refractivity contribution in [3.05, 3.63) is 68.7 Å². The second-order valence-electron chi connectivity index (χ2n) is 6.06. The molecule has 0 N–H and O–H groups in total. The van der Waals surface area contributed by atoms with Gasteiger partial charge in [-0.1, -0.05) is 48.0 Å². The van der Waals surface area contributed by atoms with Crippen LogP contribution in [-0.4, -0.2) is 24.1 Å². The van der Waals surface area contributed by atoms with Crippen LogP contribution in [0.25, 0.3) is 0 Å². The largest absolute Gasteiger partial charge is 0.371 e. The van der Waals surface area contributed by atoms with E-state index in [1.54, 1.807) is 0 Å². The van der Waals surface area contributed by atoms with E-state index in [1.807, 2.05) is 0 Å². The summed E-state index contributed by atoms with van der Waals surface area (Å²) in [7, 11) is 0. The molecule has 0 unspecified atom stereocenters. The Morgan fingerprint density at radius 3 is 2.77 bits per heavy atom. The van der Waals surface area contributed by atoms with Gasteiger partial charge in [-0.25, -0.2) is 0 Å². The first kappa shape index (κ1) is 14.7. The van der Waals surface area contributed by atoms with Crippen LogP contribution >= 0.6 is 27.5 Å². The van der Waals surface area contributed by atoms with E-state index in [1.165, 1.54) is 11.1 Å². The third-order valence-corrected chi connectivity index (χ3v) is 5.99.